The van der Waals surface area contributed by atoms with Gasteiger partial charge in [0.1, 0.15) is 0 Å². The van der Waals surface area contributed by atoms with Gasteiger partial charge < -0.3 is 20.7 Å². The molecule has 5 heteroatoms. The third-order valence-electron chi connectivity index (χ3n) is 2.71. The molecule has 5 nitrogen and oxygen atoms in total. The molecule has 0 saturated carbocycles. The van der Waals surface area contributed by atoms with Crippen LogP contribution in [0.3, 0.4) is 0 Å². The summed E-state index contributed by atoms with van der Waals surface area (Å²) in [6, 6.07) is -0.188. The Kier molecular flexibility index (Phi) is 5.01. The highest BCUT2D eigenvalue weighted by Crippen LogP contribution is 2.06. The molecular formula is C10H21N3O2. The fourth-order valence-corrected chi connectivity index (χ4v) is 1.74. The summed E-state index contributed by atoms with van der Waals surface area (Å²) in [6.07, 6.45) is 1.59. The maximum Gasteiger partial charge on any atom is 0.237 e. The molecule has 1 aliphatic heterocycles. The molecule has 1 aliphatic rings. The average molecular weight is 215 g/mol. The number of methoxy groups -OCH3 is 1. The number of rotatable bonds is 5. The van der Waals surface area contributed by atoms with Crippen LogP contribution in [0.2, 0.25) is 0 Å². The van der Waals surface area contributed by atoms with E-state index in [1.165, 1.54) is 0 Å². The highest BCUT2D eigenvalue weighted by Gasteiger charge is 2.23. The lowest BCUT2D eigenvalue weighted by Gasteiger charge is -2.16. The first-order valence-electron chi connectivity index (χ1n) is 5.37. The molecule has 0 aromatic rings. The van der Waals surface area contributed by atoms with Crippen LogP contribution in [0.25, 0.3) is 0 Å². The first-order chi connectivity index (χ1) is 7.13. The second-order valence-corrected chi connectivity index (χ2v) is 4.14. The number of carbonyl (C=O) groups is 1. The molecule has 1 amide bonds. The summed E-state index contributed by atoms with van der Waals surface area (Å²) in [5, 5.41) is 2.96. The molecule has 1 fully saturated rings. The van der Waals surface area contributed by atoms with Gasteiger partial charge in [0.05, 0.1) is 6.04 Å². The van der Waals surface area contributed by atoms with Gasteiger partial charge in [-0.3, -0.25) is 4.79 Å². The lowest BCUT2D eigenvalue weighted by molar-refractivity contribution is -0.123. The third-order valence-corrected chi connectivity index (χ3v) is 2.71. The molecule has 0 aromatic heterocycles. The van der Waals surface area contributed by atoms with Gasteiger partial charge in [0.2, 0.25) is 5.91 Å². The topological polar surface area (TPSA) is 67.6 Å². The quantitative estimate of drug-likeness (QED) is 0.628. The van der Waals surface area contributed by atoms with E-state index in [0.29, 0.717) is 13.0 Å². The predicted octanol–water partition coefficient (Wildman–Crippen LogP) is -0.829. The average Bonchev–Trinajstić information content (AvgIpc) is 2.60. The van der Waals surface area contributed by atoms with E-state index in [9.17, 15) is 4.79 Å². The van der Waals surface area contributed by atoms with E-state index in [2.05, 4.69) is 17.3 Å². The number of likely N-dealkylation sites (N-methyl/N-ethyl adjacent to an activating group) is 1. The Balaban J connectivity index is 2.22. The van der Waals surface area contributed by atoms with Crippen LogP contribution in [-0.4, -0.2) is 56.7 Å². The minimum Gasteiger partial charge on any atom is -0.385 e. The van der Waals surface area contributed by atoms with Gasteiger partial charge in [-0.2, -0.15) is 0 Å². The Morgan fingerprint density at radius 3 is 3.00 bits per heavy atom. The van der Waals surface area contributed by atoms with Crippen molar-refractivity contribution in [3.8, 4) is 0 Å². The molecular weight excluding hydrogens is 194 g/mol. The Morgan fingerprint density at radius 2 is 2.47 bits per heavy atom. The van der Waals surface area contributed by atoms with E-state index in [1.54, 1.807) is 7.11 Å². The summed E-state index contributed by atoms with van der Waals surface area (Å²) in [7, 11) is 3.66. The zero-order valence-corrected chi connectivity index (χ0v) is 9.53. The van der Waals surface area contributed by atoms with Crippen molar-refractivity contribution in [1.29, 1.82) is 0 Å². The highest BCUT2D eigenvalue weighted by atomic mass is 16.5. The summed E-state index contributed by atoms with van der Waals surface area (Å²) in [5.41, 5.74) is 5.71. The van der Waals surface area contributed by atoms with Gasteiger partial charge >= 0.3 is 0 Å². The monoisotopic (exact) mass is 215 g/mol. The Hall–Kier alpha value is -0.650. The number of likely N-dealkylation sites (tertiary alicyclic amines) is 1. The van der Waals surface area contributed by atoms with Gasteiger partial charge in [0, 0.05) is 26.3 Å². The van der Waals surface area contributed by atoms with Gasteiger partial charge in [-0.15, -0.1) is 0 Å². The van der Waals surface area contributed by atoms with Crippen LogP contribution in [-0.2, 0) is 9.53 Å². The van der Waals surface area contributed by atoms with Gasteiger partial charge in [0.15, 0.2) is 0 Å². The van der Waals surface area contributed by atoms with Crippen molar-refractivity contribution in [2.24, 2.45) is 5.73 Å². The van der Waals surface area contributed by atoms with E-state index in [-0.39, 0.29) is 11.9 Å². The third kappa shape index (κ3) is 4.15. The zero-order chi connectivity index (χ0) is 11.3. The molecule has 0 aromatic carbocycles. The van der Waals surface area contributed by atoms with Crippen LogP contribution in [0.5, 0.6) is 0 Å². The van der Waals surface area contributed by atoms with Crippen molar-refractivity contribution < 1.29 is 9.53 Å². The van der Waals surface area contributed by atoms with E-state index >= 15 is 0 Å². The molecule has 0 bridgehead atoms. The highest BCUT2D eigenvalue weighted by molar-refractivity contribution is 5.81. The van der Waals surface area contributed by atoms with E-state index < -0.39 is 6.04 Å². The zero-order valence-electron chi connectivity index (χ0n) is 9.53. The fraction of sp³-hybridized carbons (Fsp3) is 0.900. The number of nitrogens with one attached hydrogen (secondary N) is 1. The van der Waals surface area contributed by atoms with Gasteiger partial charge in [-0.05, 0) is 26.4 Å². The maximum atomic E-state index is 11.6. The lowest BCUT2D eigenvalue weighted by Crippen LogP contribution is -2.46. The van der Waals surface area contributed by atoms with Crippen molar-refractivity contribution in [2.45, 2.75) is 24.9 Å². The molecule has 88 valence electrons. The van der Waals surface area contributed by atoms with Crippen LogP contribution < -0.4 is 11.1 Å². The second kappa shape index (κ2) is 6.05. The molecule has 2 unspecified atom stereocenters. The van der Waals surface area contributed by atoms with E-state index in [1.807, 2.05) is 0 Å². The predicted molar refractivity (Wildman–Crippen MR) is 58.5 cm³/mol. The standard InChI is InChI=1S/C10H21N3O2/c1-13-5-3-8(7-13)12-10(14)9(11)4-6-15-2/h8-9H,3-7,11H2,1-2H3,(H,12,14). The van der Waals surface area contributed by atoms with Crippen molar-refractivity contribution in [3.63, 3.8) is 0 Å². The minimum absolute atomic E-state index is 0.0626. The molecule has 1 rings (SSSR count). The summed E-state index contributed by atoms with van der Waals surface area (Å²) >= 11 is 0. The Labute approximate surface area is 90.9 Å². The van der Waals surface area contributed by atoms with Crippen LogP contribution in [0.15, 0.2) is 0 Å². The Bertz CT molecular complexity index is 211. The molecule has 1 heterocycles. The Morgan fingerprint density at radius 1 is 1.73 bits per heavy atom. The lowest BCUT2D eigenvalue weighted by atomic mass is 10.2. The number of hydrogen-bond donors (Lipinski definition) is 2. The number of hydrogen-bond acceptors (Lipinski definition) is 4. The van der Waals surface area contributed by atoms with Crippen LogP contribution in [0.4, 0.5) is 0 Å². The number of amides is 1. The molecule has 2 atom stereocenters. The van der Waals surface area contributed by atoms with Crippen molar-refractivity contribution in [2.75, 3.05) is 33.9 Å². The SMILES string of the molecule is COCCC(N)C(=O)NC1CCN(C)C1. The van der Waals surface area contributed by atoms with Crippen molar-refractivity contribution in [3.05, 3.63) is 0 Å². The summed E-state index contributed by atoms with van der Waals surface area (Å²) < 4.78 is 4.88. The summed E-state index contributed by atoms with van der Waals surface area (Å²) in [6.45, 7) is 2.49. The smallest absolute Gasteiger partial charge is 0.237 e. The van der Waals surface area contributed by atoms with Crippen LogP contribution >= 0.6 is 0 Å². The van der Waals surface area contributed by atoms with Gasteiger partial charge in [-0.1, -0.05) is 0 Å². The molecule has 0 radical (unpaired) electrons. The molecule has 1 saturated heterocycles. The minimum atomic E-state index is -0.448. The van der Waals surface area contributed by atoms with Gasteiger partial charge in [0.25, 0.3) is 0 Å². The van der Waals surface area contributed by atoms with Crippen molar-refractivity contribution in [1.82, 2.24) is 10.2 Å². The molecule has 0 spiro atoms. The normalized spacial score (nSPS) is 24.1. The number of nitrogens with zero attached hydrogens (tertiary/aromatic N) is 1. The first kappa shape index (κ1) is 12.4. The van der Waals surface area contributed by atoms with Gasteiger partial charge in [-0.25, -0.2) is 0 Å². The maximum absolute atomic E-state index is 11.6. The van der Waals surface area contributed by atoms with Crippen molar-refractivity contribution >= 4 is 5.91 Å². The molecule has 3 N–H and O–H groups in total. The number of nitrogens with two attached hydrogens (primary N) is 1. The fourth-order valence-electron chi connectivity index (χ4n) is 1.74. The first-order valence-corrected chi connectivity index (χ1v) is 5.37. The summed E-state index contributed by atoms with van der Waals surface area (Å²) in [4.78, 5) is 13.8. The van der Waals surface area contributed by atoms with E-state index in [0.717, 1.165) is 19.5 Å². The van der Waals surface area contributed by atoms with E-state index in [4.69, 9.17) is 10.5 Å². The summed E-state index contributed by atoms with van der Waals surface area (Å²) in [5.74, 6) is -0.0626. The second-order valence-electron chi connectivity index (χ2n) is 4.14. The number of ether oxygens (including phenoxy) is 1. The largest absolute Gasteiger partial charge is 0.385 e. The van der Waals surface area contributed by atoms with Crippen LogP contribution in [0.1, 0.15) is 12.8 Å². The molecule has 15 heavy (non-hydrogen) atoms. The van der Waals surface area contributed by atoms with Crippen LogP contribution in [0, 0.1) is 0 Å². The number of carbonyl (C=O) groups excluding carboxylic acids is 1. The molecule has 0 aliphatic carbocycles.